The van der Waals surface area contributed by atoms with Crippen molar-refractivity contribution in [2.45, 2.75) is 17.9 Å². The molecule has 3 rings (SSSR count). The Morgan fingerprint density at radius 1 is 1.04 bits per heavy atom. The first-order chi connectivity index (χ1) is 11.4. The second kappa shape index (κ2) is 6.27. The number of nitrogens with zero attached hydrogens (tertiary/aromatic N) is 1. The molecule has 1 N–H and O–H groups in total. The molecule has 0 saturated heterocycles. The van der Waals surface area contributed by atoms with E-state index in [2.05, 4.69) is 10.5 Å². The van der Waals surface area contributed by atoms with Gasteiger partial charge in [-0.3, -0.25) is 0 Å². The highest BCUT2D eigenvalue weighted by Gasteiger charge is 2.28. The monoisotopic (exact) mass is 354 g/mol. The van der Waals surface area contributed by atoms with E-state index in [9.17, 15) is 21.6 Å². The molecule has 2 aromatic carbocycles. The van der Waals surface area contributed by atoms with Crippen molar-refractivity contribution < 1.29 is 21.6 Å². The van der Waals surface area contributed by atoms with Gasteiger partial charge in [0.15, 0.2) is 9.84 Å². The molecule has 4 nitrogen and oxygen atoms in total. The molecule has 24 heavy (non-hydrogen) atoms. The fourth-order valence-electron chi connectivity index (χ4n) is 2.49. The van der Waals surface area contributed by atoms with Crippen LogP contribution in [-0.2, 0) is 16.4 Å². The van der Waals surface area contributed by atoms with Gasteiger partial charge in [0, 0.05) is 17.5 Å². The molecular weight excluding hydrogens is 341 g/mol. The van der Waals surface area contributed by atoms with E-state index < -0.39 is 27.3 Å². The van der Waals surface area contributed by atoms with Crippen LogP contribution < -0.4 is 5.43 Å². The number of benzene rings is 2. The zero-order chi connectivity index (χ0) is 17.3. The second-order valence-corrected chi connectivity index (χ2v) is 7.42. The number of hydrogen-bond donors (Lipinski definition) is 1. The van der Waals surface area contributed by atoms with E-state index in [-0.39, 0.29) is 34.7 Å². The molecule has 0 saturated carbocycles. The molecule has 0 amide bonds. The van der Waals surface area contributed by atoms with E-state index in [1.165, 1.54) is 6.07 Å². The van der Waals surface area contributed by atoms with Gasteiger partial charge in [-0.15, -0.1) is 0 Å². The van der Waals surface area contributed by atoms with Gasteiger partial charge in [-0.2, -0.15) is 5.10 Å². The Bertz CT molecular complexity index is 927. The van der Waals surface area contributed by atoms with Crippen LogP contribution in [0.25, 0.3) is 0 Å². The van der Waals surface area contributed by atoms with Crippen LogP contribution in [0.15, 0.2) is 46.4 Å². The van der Waals surface area contributed by atoms with Gasteiger partial charge < -0.3 is 5.43 Å². The van der Waals surface area contributed by atoms with Crippen molar-refractivity contribution in [1.82, 2.24) is 5.43 Å². The summed E-state index contributed by atoms with van der Waals surface area (Å²) in [5, 5.41) is 4.04. The summed E-state index contributed by atoms with van der Waals surface area (Å²) in [6.07, 6.45) is 0.109. The number of sulfone groups is 1. The molecule has 0 aromatic heterocycles. The van der Waals surface area contributed by atoms with E-state index in [0.29, 0.717) is 5.71 Å². The molecule has 2 aromatic rings. The molecule has 0 fully saturated rings. The third-order valence-electron chi connectivity index (χ3n) is 3.69. The minimum Gasteiger partial charge on any atom is -0.305 e. The lowest BCUT2D eigenvalue weighted by atomic mass is 10.1. The zero-order valence-corrected chi connectivity index (χ0v) is 13.2. The maximum absolute atomic E-state index is 13.5. The summed E-state index contributed by atoms with van der Waals surface area (Å²) < 4.78 is 64.1. The average Bonchev–Trinajstić information content (AvgIpc) is 2.52. The van der Waals surface area contributed by atoms with Crippen molar-refractivity contribution in [2.24, 2.45) is 5.10 Å². The third-order valence-corrected chi connectivity index (χ3v) is 5.45. The van der Waals surface area contributed by atoms with Gasteiger partial charge in [0.25, 0.3) is 0 Å². The standard InChI is InChI=1S/C16H13F3N2O2S/c17-11-1-3-14(19)10(7-11)9-20-21-15-5-6-24(22,23)16-4-2-12(18)8-13(15)16/h1-4,7-8,20H,5-6,9H2. The highest BCUT2D eigenvalue weighted by Crippen LogP contribution is 2.26. The predicted octanol–water partition coefficient (Wildman–Crippen LogP) is 2.78. The summed E-state index contributed by atoms with van der Waals surface area (Å²) in [5.74, 6) is -1.87. The molecular formula is C16H13F3N2O2S. The summed E-state index contributed by atoms with van der Waals surface area (Å²) in [6.45, 7) is -0.0789. The first-order valence-electron chi connectivity index (χ1n) is 7.13. The topological polar surface area (TPSA) is 58.5 Å². The highest BCUT2D eigenvalue weighted by atomic mass is 32.2. The van der Waals surface area contributed by atoms with E-state index in [0.717, 1.165) is 30.3 Å². The number of rotatable bonds is 3. The van der Waals surface area contributed by atoms with Crippen molar-refractivity contribution in [2.75, 3.05) is 5.75 Å². The Balaban J connectivity index is 1.86. The number of fused-ring (bicyclic) bond motifs is 1. The Kier molecular flexibility index (Phi) is 4.31. The lowest BCUT2D eigenvalue weighted by Crippen LogP contribution is -2.24. The van der Waals surface area contributed by atoms with E-state index >= 15 is 0 Å². The van der Waals surface area contributed by atoms with E-state index in [1.807, 2.05) is 0 Å². The summed E-state index contributed by atoms with van der Waals surface area (Å²) in [4.78, 5) is 0.0210. The molecule has 8 heteroatoms. The maximum atomic E-state index is 13.5. The maximum Gasteiger partial charge on any atom is 0.179 e. The number of nitrogens with one attached hydrogen (secondary N) is 1. The number of hydrazone groups is 1. The fraction of sp³-hybridized carbons (Fsp3) is 0.188. The minimum atomic E-state index is -3.47. The van der Waals surface area contributed by atoms with Gasteiger partial charge in [-0.05, 0) is 36.4 Å². The van der Waals surface area contributed by atoms with Gasteiger partial charge in [-0.1, -0.05) is 0 Å². The van der Waals surface area contributed by atoms with Crippen LogP contribution >= 0.6 is 0 Å². The number of halogens is 3. The normalized spacial score (nSPS) is 17.5. The van der Waals surface area contributed by atoms with Crippen LogP contribution in [0.1, 0.15) is 17.5 Å². The second-order valence-electron chi connectivity index (χ2n) is 5.34. The molecule has 0 atom stereocenters. The van der Waals surface area contributed by atoms with Crippen LogP contribution in [0, 0.1) is 17.5 Å². The summed E-state index contributed by atoms with van der Waals surface area (Å²) in [7, 11) is -3.47. The molecule has 0 spiro atoms. The first-order valence-corrected chi connectivity index (χ1v) is 8.78. The molecule has 1 aliphatic rings. The molecule has 0 aliphatic carbocycles. The summed E-state index contributed by atoms with van der Waals surface area (Å²) >= 11 is 0. The Morgan fingerprint density at radius 3 is 2.54 bits per heavy atom. The molecule has 1 heterocycles. The summed E-state index contributed by atoms with van der Waals surface area (Å²) in [6, 6.07) is 6.46. The quantitative estimate of drug-likeness (QED) is 0.681. The van der Waals surface area contributed by atoms with Crippen molar-refractivity contribution in [3.05, 3.63) is 65.0 Å². The van der Waals surface area contributed by atoms with Crippen molar-refractivity contribution in [3.8, 4) is 0 Å². The third kappa shape index (κ3) is 3.28. The van der Waals surface area contributed by atoms with Crippen molar-refractivity contribution in [1.29, 1.82) is 0 Å². The van der Waals surface area contributed by atoms with E-state index in [4.69, 9.17) is 0 Å². The van der Waals surface area contributed by atoms with Gasteiger partial charge in [0.05, 0.1) is 22.9 Å². The Morgan fingerprint density at radius 2 is 1.75 bits per heavy atom. The molecule has 1 aliphatic heterocycles. The van der Waals surface area contributed by atoms with Crippen molar-refractivity contribution in [3.63, 3.8) is 0 Å². The lowest BCUT2D eigenvalue weighted by molar-refractivity contribution is 0.573. The van der Waals surface area contributed by atoms with Gasteiger partial charge in [0.2, 0.25) is 0 Å². The van der Waals surface area contributed by atoms with E-state index in [1.54, 1.807) is 0 Å². The summed E-state index contributed by atoms with van der Waals surface area (Å²) in [5.41, 5.74) is 3.22. The lowest BCUT2D eigenvalue weighted by Gasteiger charge is -2.18. The predicted molar refractivity (Wildman–Crippen MR) is 82.8 cm³/mol. The van der Waals surface area contributed by atoms with Crippen LogP contribution in [0.4, 0.5) is 13.2 Å². The van der Waals surface area contributed by atoms with Crippen molar-refractivity contribution >= 4 is 15.5 Å². The largest absolute Gasteiger partial charge is 0.305 e. The smallest absolute Gasteiger partial charge is 0.179 e. The Hall–Kier alpha value is -2.35. The molecule has 0 bridgehead atoms. The average molecular weight is 354 g/mol. The first kappa shape index (κ1) is 16.5. The highest BCUT2D eigenvalue weighted by molar-refractivity contribution is 7.91. The minimum absolute atomic E-state index is 0.0210. The van der Waals surface area contributed by atoms with Gasteiger partial charge >= 0.3 is 0 Å². The number of hydrogen-bond acceptors (Lipinski definition) is 4. The zero-order valence-electron chi connectivity index (χ0n) is 12.4. The van der Waals surface area contributed by atoms with Gasteiger partial charge in [0.1, 0.15) is 17.5 Å². The molecule has 0 unspecified atom stereocenters. The van der Waals surface area contributed by atoms with Gasteiger partial charge in [-0.25, -0.2) is 21.6 Å². The Labute approximate surface area is 136 Å². The SMILES string of the molecule is O=S1(=O)CCC(=NNCc2cc(F)ccc2F)c2cc(F)ccc21. The fourth-order valence-corrected chi connectivity index (χ4v) is 3.96. The van der Waals surface area contributed by atoms with Crippen LogP contribution in [0.3, 0.4) is 0 Å². The molecule has 126 valence electrons. The molecule has 0 radical (unpaired) electrons. The van der Waals surface area contributed by atoms with Crippen LogP contribution in [-0.4, -0.2) is 19.9 Å². The van der Waals surface area contributed by atoms with Crippen LogP contribution in [0.2, 0.25) is 0 Å². The van der Waals surface area contributed by atoms with Crippen LogP contribution in [0.5, 0.6) is 0 Å².